The van der Waals surface area contributed by atoms with Gasteiger partial charge in [0.1, 0.15) is 0 Å². The minimum Gasteiger partial charge on any atom is -0.395 e. The van der Waals surface area contributed by atoms with E-state index in [1.807, 2.05) is 4.90 Å². The molecule has 41 heavy (non-hydrogen) atoms. The molecule has 246 valence electrons. The third-order valence-corrected chi connectivity index (χ3v) is 8.58. The van der Waals surface area contributed by atoms with Gasteiger partial charge in [0.15, 0.2) is 0 Å². The third-order valence-electron chi connectivity index (χ3n) is 8.58. The highest BCUT2D eigenvalue weighted by Gasteiger charge is 2.12. The molecule has 0 fully saturated rings. The van der Waals surface area contributed by atoms with Crippen LogP contribution in [-0.4, -0.2) is 48.8 Å². The third kappa shape index (κ3) is 32.1. The van der Waals surface area contributed by atoms with E-state index in [2.05, 4.69) is 13.8 Å². The second-order valence-electron chi connectivity index (χ2n) is 12.7. The predicted molar refractivity (Wildman–Crippen MR) is 180 cm³/mol. The number of hydrogen-bond acceptors (Lipinski definition) is 3. The van der Waals surface area contributed by atoms with Gasteiger partial charge in [0.05, 0.1) is 6.61 Å². The van der Waals surface area contributed by atoms with Crippen molar-refractivity contribution in [2.45, 2.75) is 200 Å². The van der Waals surface area contributed by atoms with Crippen LogP contribution >= 0.6 is 0 Å². The van der Waals surface area contributed by atoms with E-state index in [1.165, 1.54) is 154 Å². The summed E-state index contributed by atoms with van der Waals surface area (Å²) in [6.07, 6.45) is 37.9. The molecule has 0 saturated carbocycles. The number of carbonyl (C=O) groups excluding carboxylic acids is 1. The van der Waals surface area contributed by atoms with Crippen LogP contribution in [0.5, 0.6) is 0 Å². The lowest BCUT2D eigenvalue weighted by Gasteiger charge is -2.21. The van der Waals surface area contributed by atoms with Gasteiger partial charge in [-0.3, -0.25) is 4.79 Å². The van der Waals surface area contributed by atoms with Gasteiger partial charge in [0.2, 0.25) is 5.91 Å². The van der Waals surface area contributed by atoms with Crippen LogP contribution in [0.1, 0.15) is 200 Å². The highest BCUT2D eigenvalue weighted by molar-refractivity contribution is 5.76. The fourth-order valence-corrected chi connectivity index (χ4v) is 5.79. The smallest absolute Gasteiger partial charge is 0.222 e. The normalized spacial score (nSPS) is 11.4. The number of aliphatic hydroxyl groups is 1. The fraction of sp³-hybridized carbons (Fsp3) is 0.973. The molecule has 0 aromatic rings. The number of hydrogen-bond donors (Lipinski definition) is 1. The molecule has 0 heterocycles. The van der Waals surface area contributed by atoms with E-state index < -0.39 is 0 Å². The van der Waals surface area contributed by atoms with E-state index in [4.69, 9.17) is 4.74 Å². The van der Waals surface area contributed by atoms with E-state index in [0.29, 0.717) is 26.1 Å². The van der Waals surface area contributed by atoms with Crippen LogP contribution in [0.2, 0.25) is 0 Å². The van der Waals surface area contributed by atoms with Crippen LogP contribution in [0, 0.1) is 0 Å². The summed E-state index contributed by atoms with van der Waals surface area (Å²) in [5.74, 6) is 0.203. The Morgan fingerprint density at radius 3 is 1.20 bits per heavy atom. The number of carbonyl (C=O) groups is 1. The SMILES string of the molecule is CCCCCCCCCCCCCCCCOCCCN(CCO)C(=O)CCCCCCCCCCCCCCC. The van der Waals surface area contributed by atoms with Gasteiger partial charge in [-0.25, -0.2) is 0 Å². The minimum absolute atomic E-state index is 0.0459. The van der Waals surface area contributed by atoms with E-state index in [-0.39, 0.29) is 12.5 Å². The molecule has 0 aliphatic heterocycles. The molecule has 0 aromatic carbocycles. The Labute approximate surface area is 258 Å². The molecule has 0 aromatic heterocycles. The molecule has 4 heteroatoms. The van der Waals surface area contributed by atoms with Gasteiger partial charge in [-0.15, -0.1) is 0 Å². The molecule has 0 radical (unpaired) electrons. The number of nitrogens with zero attached hydrogens (tertiary/aromatic N) is 1. The van der Waals surface area contributed by atoms with Crippen molar-refractivity contribution in [1.82, 2.24) is 4.90 Å². The van der Waals surface area contributed by atoms with Crippen molar-refractivity contribution in [2.75, 3.05) is 32.9 Å². The van der Waals surface area contributed by atoms with Gasteiger partial charge in [0, 0.05) is 32.7 Å². The van der Waals surface area contributed by atoms with Crippen molar-refractivity contribution in [3.63, 3.8) is 0 Å². The monoisotopic (exact) mass is 582 g/mol. The van der Waals surface area contributed by atoms with Crippen molar-refractivity contribution >= 4 is 5.91 Å². The molecule has 4 nitrogen and oxygen atoms in total. The summed E-state index contributed by atoms with van der Waals surface area (Å²) in [6.45, 7) is 7.32. The molecule has 0 bridgehead atoms. The maximum Gasteiger partial charge on any atom is 0.222 e. The zero-order chi connectivity index (χ0) is 29.9. The van der Waals surface area contributed by atoms with Crippen molar-refractivity contribution in [1.29, 1.82) is 0 Å². The molecule has 0 atom stereocenters. The first-order chi connectivity index (χ1) is 20.3. The Bertz CT molecular complexity index is 499. The summed E-state index contributed by atoms with van der Waals surface area (Å²) in [4.78, 5) is 14.5. The van der Waals surface area contributed by atoms with Gasteiger partial charge in [-0.05, 0) is 19.3 Å². The molecular formula is C37H75NO3. The summed E-state index contributed by atoms with van der Waals surface area (Å²) in [6, 6.07) is 0. The van der Waals surface area contributed by atoms with Crippen LogP contribution in [-0.2, 0) is 9.53 Å². The lowest BCUT2D eigenvalue weighted by atomic mass is 10.0. The van der Waals surface area contributed by atoms with Crippen LogP contribution < -0.4 is 0 Å². The predicted octanol–water partition coefficient (Wildman–Crippen LogP) is 11.2. The van der Waals surface area contributed by atoms with E-state index in [0.717, 1.165) is 32.3 Å². The molecular weight excluding hydrogens is 506 g/mol. The Balaban J connectivity index is 3.48. The van der Waals surface area contributed by atoms with Crippen molar-refractivity contribution in [2.24, 2.45) is 0 Å². The van der Waals surface area contributed by atoms with E-state index in [9.17, 15) is 9.90 Å². The first kappa shape index (κ1) is 40.4. The van der Waals surface area contributed by atoms with E-state index in [1.54, 1.807) is 0 Å². The van der Waals surface area contributed by atoms with E-state index >= 15 is 0 Å². The zero-order valence-electron chi connectivity index (χ0n) is 28.3. The van der Waals surface area contributed by atoms with Crippen molar-refractivity contribution in [3.8, 4) is 0 Å². The Hall–Kier alpha value is -0.610. The number of unbranched alkanes of at least 4 members (excludes halogenated alkanes) is 25. The standard InChI is InChI=1S/C37H75NO3/c1-3-5-7-9-11-13-15-17-19-21-23-25-27-29-35-41-36-30-32-38(33-34-39)37(40)31-28-26-24-22-20-18-16-14-12-10-8-6-4-2/h39H,3-36H2,1-2H3. The molecule has 0 unspecified atom stereocenters. The highest BCUT2D eigenvalue weighted by Crippen LogP contribution is 2.14. The quantitative estimate of drug-likeness (QED) is 0.0757. The number of ether oxygens (including phenoxy) is 1. The summed E-state index contributed by atoms with van der Waals surface area (Å²) < 4.78 is 5.83. The largest absolute Gasteiger partial charge is 0.395 e. The minimum atomic E-state index is 0.0459. The number of rotatable bonds is 35. The Kier molecular flexibility index (Phi) is 35.1. The molecule has 0 aliphatic carbocycles. The van der Waals surface area contributed by atoms with Crippen LogP contribution in [0.25, 0.3) is 0 Å². The average Bonchev–Trinajstić information content (AvgIpc) is 2.98. The lowest BCUT2D eigenvalue weighted by molar-refractivity contribution is -0.132. The molecule has 0 rings (SSSR count). The molecule has 1 amide bonds. The maximum absolute atomic E-state index is 12.6. The summed E-state index contributed by atoms with van der Waals surface area (Å²) >= 11 is 0. The zero-order valence-corrected chi connectivity index (χ0v) is 28.3. The second kappa shape index (κ2) is 35.6. The molecule has 0 spiro atoms. The number of amides is 1. The first-order valence-corrected chi connectivity index (χ1v) is 18.7. The average molecular weight is 582 g/mol. The van der Waals surface area contributed by atoms with Crippen molar-refractivity contribution < 1.29 is 14.6 Å². The molecule has 1 N–H and O–H groups in total. The van der Waals surface area contributed by atoms with Gasteiger partial charge in [-0.1, -0.05) is 174 Å². The fourth-order valence-electron chi connectivity index (χ4n) is 5.79. The van der Waals surface area contributed by atoms with Crippen LogP contribution in [0.4, 0.5) is 0 Å². The van der Waals surface area contributed by atoms with Crippen LogP contribution in [0.3, 0.4) is 0 Å². The van der Waals surface area contributed by atoms with Gasteiger partial charge < -0.3 is 14.7 Å². The summed E-state index contributed by atoms with van der Waals surface area (Å²) in [5, 5.41) is 9.40. The second-order valence-corrected chi connectivity index (χ2v) is 12.7. The number of aliphatic hydroxyl groups excluding tert-OH is 1. The lowest BCUT2D eigenvalue weighted by Crippen LogP contribution is -2.34. The molecule has 0 aliphatic rings. The topological polar surface area (TPSA) is 49.8 Å². The van der Waals surface area contributed by atoms with Crippen molar-refractivity contribution in [3.05, 3.63) is 0 Å². The maximum atomic E-state index is 12.6. The Morgan fingerprint density at radius 1 is 0.463 bits per heavy atom. The summed E-state index contributed by atoms with van der Waals surface area (Å²) in [5.41, 5.74) is 0. The first-order valence-electron chi connectivity index (χ1n) is 18.7. The van der Waals surface area contributed by atoms with Gasteiger partial charge in [-0.2, -0.15) is 0 Å². The van der Waals surface area contributed by atoms with Gasteiger partial charge in [0.25, 0.3) is 0 Å². The summed E-state index contributed by atoms with van der Waals surface area (Å²) in [7, 11) is 0. The molecule has 0 saturated heterocycles. The van der Waals surface area contributed by atoms with Crippen LogP contribution in [0.15, 0.2) is 0 Å². The highest BCUT2D eigenvalue weighted by atomic mass is 16.5. The Morgan fingerprint density at radius 2 is 0.805 bits per heavy atom. The van der Waals surface area contributed by atoms with Gasteiger partial charge >= 0.3 is 0 Å².